The second-order valence-electron chi connectivity index (χ2n) is 3.76. The van der Waals surface area contributed by atoms with Crippen LogP contribution in [0.15, 0.2) is 28.6 Å². The molecule has 0 aliphatic rings. The lowest BCUT2D eigenvalue weighted by Gasteiger charge is -2.01. The molecule has 1 heterocycles. The van der Waals surface area contributed by atoms with Gasteiger partial charge in [0.15, 0.2) is 4.34 Å². The molecule has 0 aliphatic heterocycles. The predicted molar refractivity (Wildman–Crippen MR) is 75.3 cm³/mol. The number of anilines is 2. The van der Waals surface area contributed by atoms with Crippen LogP contribution >= 0.6 is 23.1 Å². The molecule has 18 heavy (non-hydrogen) atoms. The first kappa shape index (κ1) is 12.9. The lowest BCUT2D eigenvalue weighted by Crippen LogP contribution is -1.89. The van der Waals surface area contributed by atoms with E-state index >= 15 is 0 Å². The molecule has 2 aromatic rings. The zero-order valence-corrected chi connectivity index (χ0v) is 11.7. The predicted octanol–water partition coefficient (Wildman–Crippen LogP) is 3.59. The summed E-state index contributed by atoms with van der Waals surface area (Å²) in [6.07, 6.45) is 0. The van der Waals surface area contributed by atoms with E-state index in [2.05, 4.69) is 21.6 Å². The Morgan fingerprint density at radius 2 is 2.28 bits per heavy atom. The number of rotatable bonds is 4. The lowest BCUT2D eigenvalue weighted by atomic mass is 10.2. The van der Waals surface area contributed by atoms with Crippen molar-refractivity contribution in [3.63, 3.8) is 0 Å². The van der Waals surface area contributed by atoms with Crippen molar-refractivity contribution in [1.29, 1.82) is 5.26 Å². The van der Waals surface area contributed by atoms with E-state index in [4.69, 9.17) is 5.26 Å². The fraction of sp³-hybridized carbons (Fsp3) is 0.250. The van der Waals surface area contributed by atoms with Crippen molar-refractivity contribution in [1.82, 2.24) is 10.2 Å². The number of aromatic nitrogens is 2. The average Bonchev–Trinajstić information content (AvgIpc) is 2.76. The van der Waals surface area contributed by atoms with Gasteiger partial charge in [0, 0.05) is 5.69 Å². The van der Waals surface area contributed by atoms with Gasteiger partial charge in [-0.25, -0.2) is 0 Å². The molecule has 92 valence electrons. The zero-order valence-electron chi connectivity index (χ0n) is 10.0. The van der Waals surface area contributed by atoms with Gasteiger partial charge in [0.25, 0.3) is 0 Å². The van der Waals surface area contributed by atoms with Crippen LogP contribution < -0.4 is 5.32 Å². The molecule has 6 heteroatoms. The van der Waals surface area contributed by atoms with Gasteiger partial charge in [0.2, 0.25) is 5.13 Å². The second kappa shape index (κ2) is 5.85. The molecule has 1 aromatic carbocycles. The van der Waals surface area contributed by atoms with Crippen molar-refractivity contribution in [2.24, 2.45) is 0 Å². The minimum Gasteiger partial charge on any atom is -0.330 e. The van der Waals surface area contributed by atoms with Crippen LogP contribution in [0, 0.1) is 18.3 Å². The van der Waals surface area contributed by atoms with Crippen LogP contribution in [0.5, 0.6) is 0 Å². The molecule has 1 N–H and O–H groups in total. The summed E-state index contributed by atoms with van der Waals surface area (Å²) in [6.45, 7) is 3.89. The van der Waals surface area contributed by atoms with E-state index in [1.165, 1.54) is 28.7 Å². The summed E-state index contributed by atoms with van der Waals surface area (Å²) in [6, 6.07) is 10.2. The molecule has 1 atom stereocenters. The van der Waals surface area contributed by atoms with Crippen LogP contribution in [0.4, 0.5) is 10.8 Å². The number of hydrogen-bond donors (Lipinski definition) is 1. The van der Waals surface area contributed by atoms with Gasteiger partial charge in [-0.2, -0.15) is 5.26 Å². The molecule has 0 radical (unpaired) electrons. The first-order valence-electron chi connectivity index (χ1n) is 5.41. The Balaban J connectivity index is 2.05. The molecule has 2 rings (SSSR count). The number of hydrogen-bond acceptors (Lipinski definition) is 6. The van der Waals surface area contributed by atoms with Gasteiger partial charge < -0.3 is 5.32 Å². The smallest absolute Gasteiger partial charge is 0.210 e. The van der Waals surface area contributed by atoms with E-state index in [-0.39, 0.29) is 5.25 Å². The highest BCUT2D eigenvalue weighted by Gasteiger charge is 2.09. The summed E-state index contributed by atoms with van der Waals surface area (Å²) in [5, 5.41) is 20.7. The SMILES string of the molecule is Cc1cccc(Nc2nnc(S[C@H](C)C#N)s2)c1. The highest BCUT2D eigenvalue weighted by atomic mass is 32.2. The van der Waals surface area contributed by atoms with Crippen molar-refractivity contribution in [2.75, 3.05) is 5.32 Å². The average molecular weight is 276 g/mol. The molecule has 0 unspecified atom stereocenters. The Hall–Kier alpha value is -1.58. The summed E-state index contributed by atoms with van der Waals surface area (Å²) >= 11 is 2.88. The third-order valence-electron chi connectivity index (χ3n) is 2.14. The molecule has 0 amide bonds. The fourth-order valence-corrected chi connectivity index (χ4v) is 3.13. The molecule has 0 saturated carbocycles. The highest BCUT2D eigenvalue weighted by molar-refractivity contribution is 8.01. The van der Waals surface area contributed by atoms with Crippen LogP contribution in [0.3, 0.4) is 0 Å². The number of nitrogens with zero attached hydrogens (tertiary/aromatic N) is 3. The maximum absolute atomic E-state index is 8.74. The van der Waals surface area contributed by atoms with Crippen molar-refractivity contribution < 1.29 is 0 Å². The largest absolute Gasteiger partial charge is 0.330 e. The standard InChI is InChI=1S/C12H12N4S2/c1-8-4-3-5-10(6-8)14-11-15-16-12(18-11)17-9(2)7-13/h3-6,9H,1-2H3,(H,14,15)/t9-/m1/s1. The van der Waals surface area contributed by atoms with E-state index in [9.17, 15) is 0 Å². The molecule has 0 bridgehead atoms. The van der Waals surface area contributed by atoms with E-state index in [0.717, 1.165) is 15.2 Å². The van der Waals surface area contributed by atoms with E-state index in [1.54, 1.807) is 0 Å². The maximum atomic E-state index is 8.74. The Kier molecular flexibility index (Phi) is 4.18. The van der Waals surface area contributed by atoms with E-state index in [1.807, 2.05) is 38.1 Å². The van der Waals surface area contributed by atoms with Crippen LogP contribution in [0.2, 0.25) is 0 Å². The van der Waals surface area contributed by atoms with Crippen LogP contribution in [0.1, 0.15) is 12.5 Å². The topological polar surface area (TPSA) is 61.6 Å². The molecule has 4 nitrogen and oxygen atoms in total. The molecule has 0 aliphatic carbocycles. The van der Waals surface area contributed by atoms with Crippen molar-refractivity contribution in [2.45, 2.75) is 23.4 Å². The number of benzene rings is 1. The van der Waals surface area contributed by atoms with Crippen LogP contribution in [0.25, 0.3) is 0 Å². The summed E-state index contributed by atoms with van der Waals surface area (Å²) in [4.78, 5) is 0. The fourth-order valence-electron chi connectivity index (χ4n) is 1.33. The first-order valence-corrected chi connectivity index (χ1v) is 7.10. The minimum absolute atomic E-state index is 0.107. The van der Waals surface area contributed by atoms with Crippen molar-refractivity contribution in [3.05, 3.63) is 29.8 Å². The van der Waals surface area contributed by atoms with Gasteiger partial charge in [-0.1, -0.05) is 35.2 Å². The van der Waals surface area contributed by atoms with E-state index < -0.39 is 0 Å². The maximum Gasteiger partial charge on any atom is 0.210 e. The molecule has 0 spiro atoms. The summed E-state index contributed by atoms with van der Waals surface area (Å²) in [7, 11) is 0. The Morgan fingerprint density at radius 1 is 1.44 bits per heavy atom. The molecule has 0 saturated heterocycles. The summed E-state index contributed by atoms with van der Waals surface area (Å²) in [5.74, 6) is 0. The number of aryl methyl sites for hydroxylation is 1. The van der Waals surface area contributed by atoms with E-state index in [0.29, 0.717) is 0 Å². The van der Waals surface area contributed by atoms with Gasteiger partial charge in [-0.15, -0.1) is 10.2 Å². The van der Waals surface area contributed by atoms with Gasteiger partial charge in [-0.05, 0) is 31.5 Å². The molecule has 0 fully saturated rings. The van der Waals surface area contributed by atoms with Gasteiger partial charge in [0.1, 0.15) is 0 Å². The summed E-state index contributed by atoms with van der Waals surface area (Å²) < 4.78 is 0.805. The third-order valence-corrected chi connectivity index (χ3v) is 4.05. The monoisotopic (exact) mass is 276 g/mol. The van der Waals surface area contributed by atoms with Crippen LogP contribution in [-0.2, 0) is 0 Å². The number of thioether (sulfide) groups is 1. The highest BCUT2D eigenvalue weighted by Crippen LogP contribution is 2.30. The normalized spacial score (nSPS) is 11.8. The quantitative estimate of drug-likeness (QED) is 0.865. The Morgan fingerprint density at radius 3 is 3.00 bits per heavy atom. The Bertz CT molecular complexity index is 573. The van der Waals surface area contributed by atoms with Gasteiger partial charge in [-0.3, -0.25) is 0 Å². The van der Waals surface area contributed by atoms with Crippen molar-refractivity contribution in [3.8, 4) is 6.07 Å². The van der Waals surface area contributed by atoms with Gasteiger partial charge in [0.05, 0.1) is 11.3 Å². The third kappa shape index (κ3) is 3.45. The number of nitriles is 1. The first-order chi connectivity index (χ1) is 8.67. The summed E-state index contributed by atoms with van der Waals surface area (Å²) in [5.41, 5.74) is 2.19. The number of nitrogens with one attached hydrogen (secondary N) is 1. The molecular weight excluding hydrogens is 264 g/mol. The zero-order chi connectivity index (χ0) is 13.0. The van der Waals surface area contributed by atoms with Crippen LogP contribution in [-0.4, -0.2) is 15.4 Å². The lowest BCUT2D eigenvalue weighted by molar-refractivity contribution is 1.01. The second-order valence-corrected chi connectivity index (χ2v) is 6.32. The minimum atomic E-state index is -0.107. The Labute approximate surface area is 114 Å². The molecule has 1 aromatic heterocycles. The van der Waals surface area contributed by atoms with Gasteiger partial charge >= 0.3 is 0 Å². The molecular formula is C12H12N4S2. The van der Waals surface area contributed by atoms with Crippen molar-refractivity contribution >= 4 is 33.9 Å².